The average molecular weight is 478 g/mol. The van der Waals surface area contributed by atoms with Crippen LogP contribution in [0.1, 0.15) is 17.5 Å². The highest BCUT2D eigenvalue weighted by Crippen LogP contribution is 2.44. The van der Waals surface area contributed by atoms with E-state index in [4.69, 9.17) is 0 Å². The Morgan fingerprint density at radius 1 is 0.943 bits per heavy atom. The second kappa shape index (κ2) is 10.1. The molecule has 0 N–H and O–H groups in total. The molecule has 0 bridgehead atoms. The Kier molecular flexibility index (Phi) is 6.59. The van der Waals surface area contributed by atoms with E-state index in [0.29, 0.717) is 0 Å². The smallest absolute Gasteiger partial charge is 0.262 e. The summed E-state index contributed by atoms with van der Waals surface area (Å²) in [5, 5.41) is 1.24. The summed E-state index contributed by atoms with van der Waals surface area (Å²) in [6.07, 6.45) is 19.5. The van der Waals surface area contributed by atoms with Crippen LogP contribution in [0.4, 0.5) is 17.1 Å². The largest absolute Gasteiger partial charge is 0.329 e. The van der Waals surface area contributed by atoms with Gasteiger partial charge in [-0.3, -0.25) is 9.88 Å². The van der Waals surface area contributed by atoms with Crippen molar-refractivity contribution in [2.45, 2.75) is 13.3 Å². The summed E-state index contributed by atoms with van der Waals surface area (Å²) in [6.45, 7) is 2.20. The number of thiazole rings is 1. The summed E-state index contributed by atoms with van der Waals surface area (Å²) >= 11 is 1.83. The first-order chi connectivity index (χ1) is 17.2. The van der Waals surface area contributed by atoms with E-state index in [1.807, 2.05) is 23.6 Å². The maximum Gasteiger partial charge on any atom is 0.262 e. The fourth-order valence-electron chi connectivity index (χ4n) is 4.33. The minimum atomic E-state index is 1.05. The van der Waals surface area contributed by atoms with Crippen LogP contribution in [0, 0.1) is 0 Å². The third-order valence-corrected chi connectivity index (χ3v) is 7.39. The van der Waals surface area contributed by atoms with E-state index >= 15 is 0 Å². The van der Waals surface area contributed by atoms with Crippen LogP contribution in [0.3, 0.4) is 0 Å². The van der Waals surface area contributed by atoms with E-state index in [9.17, 15) is 0 Å². The first kappa shape index (κ1) is 22.8. The zero-order valence-corrected chi connectivity index (χ0v) is 21.1. The first-order valence-corrected chi connectivity index (χ1v) is 12.6. The van der Waals surface area contributed by atoms with Crippen LogP contribution in [0.5, 0.6) is 0 Å². The van der Waals surface area contributed by atoms with Gasteiger partial charge in [-0.1, -0.05) is 66.8 Å². The van der Waals surface area contributed by atoms with Gasteiger partial charge in [0.25, 0.3) is 5.01 Å². The van der Waals surface area contributed by atoms with Crippen LogP contribution in [-0.2, 0) is 13.5 Å². The van der Waals surface area contributed by atoms with Gasteiger partial charge in [-0.25, -0.2) is 0 Å². The molecule has 5 heteroatoms. The molecule has 35 heavy (non-hydrogen) atoms. The second-order valence-electron chi connectivity index (χ2n) is 8.40. The van der Waals surface area contributed by atoms with Gasteiger partial charge in [0, 0.05) is 25.4 Å². The monoisotopic (exact) mass is 477 g/mol. The van der Waals surface area contributed by atoms with Crippen LogP contribution in [0.25, 0.3) is 16.3 Å². The van der Waals surface area contributed by atoms with Crippen LogP contribution >= 0.6 is 11.3 Å². The molecule has 4 nitrogen and oxygen atoms in total. The summed E-state index contributed by atoms with van der Waals surface area (Å²) in [7, 11) is 4.23. The Morgan fingerprint density at radius 2 is 1.74 bits per heavy atom. The lowest BCUT2D eigenvalue weighted by molar-refractivity contribution is -0.642. The molecular formula is C30H29N4S+. The maximum absolute atomic E-state index is 4.32. The van der Waals surface area contributed by atoms with Gasteiger partial charge in [0.1, 0.15) is 17.6 Å². The van der Waals surface area contributed by atoms with Crippen molar-refractivity contribution in [3.05, 3.63) is 120 Å². The SMILES string of the molecule is CCc1ccc2c(c1)sc(C=CC=CC=CC=C1N(C)c3ccccc3N1c1cccnc1)[n+]2C. The molecule has 0 radical (unpaired) electrons. The van der Waals surface area contributed by atoms with Crippen molar-refractivity contribution in [3.63, 3.8) is 0 Å². The molecule has 0 unspecified atom stereocenters. The first-order valence-electron chi connectivity index (χ1n) is 11.8. The van der Waals surface area contributed by atoms with Crippen molar-refractivity contribution in [2.24, 2.45) is 7.05 Å². The molecule has 0 spiro atoms. The van der Waals surface area contributed by atoms with Crippen LogP contribution in [-0.4, -0.2) is 12.0 Å². The Morgan fingerprint density at radius 3 is 2.54 bits per heavy atom. The lowest BCUT2D eigenvalue weighted by Crippen LogP contribution is -2.28. The number of allylic oxidation sites excluding steroid dienone is 6. The predicted octanol–water partition coefficient (Wildman–Crippen LogP) is 6.94. The second-order valence-corrected chi connectivity index (χ2v) is 9.47. The van der Waals surface area contributed by atoms with E-state index < -0.39 is 0 Å². The quantitative estimate of drug-likeness (QED) is 0.222. The Hall–Kier alpha value is -3.96. The molecule has 0 aliphatic carbocycles. The van der Waals surface area contributed by atoms with Gasteiger partial charge in [0.2, 0.25) is 5.52 Å². The summed E-state index contributed by atoms with van der Waals surface area (Å²) in [4.78, 5) is 8.77. The normalized spacial score (nSPS) is 15.0. The molecule has 0 saturated heterocycles. The number of pyridine rings is 1. The topological polar surface area (TPSA) is 23.2 Å². The molecular weight excluding hydrogens is 448 g/mol. The summed E-state index contributed by atoms with van der Waals surface area (Å²) in [6, 6.07) is 19.2. The molecule has 2 aromatic carbocycles. The standard InChI is InChI=1S/C30H29N4S/c1-4-23-18-19-27-28(21-23)35-30(33(27)3)17-9-7-5-6-8-16-29-32(2)25-14-10-11-15-26(25)34(29)24-13-12-20-31-22-24/h5-22H,4H2,1-3H3/q+1. The Bertz CT molecular complexity index is 1460. The highest BCUT2D eigenvalue weighted by Gasteiger charge is 2.29. The van der Waals surface area contributed by atoms with E-state index in [1.165, 1.54) is 26.5 Å². The Balaban J connectivity index is 1.32. The maximum atomic E-state index is 4.32. The van der Waals surface area contributed by atoms with Crippen molar-refractivity contribution < 1.29 is 4.57 Å². The number of rotatable bonds is 6. The average Bonchev–Trinajstić information content (AvgIpc) is 3.37. The highest BCUT2D eigenvalue weighted by atomic mass is 32.1. The zero-order valence-electron chi connectivity index (χ0n) is 20.3. The van der Waals surface area contributed by atoms with Crippen molar-refractivity contribution in [3.8, 4) is 0 Å². The number of hydrogen-bond donors (Lipinski definition) is 0. The molecule has 0 saturated carbocycles. The van der Waals surface area contributed by atoms with E-state index in [-0.39, 0.29) is 0 Å². The third kappa shape index (κ3) is 4.55. The molecule has 5 rings (SSSR count). The van der Waals surface area contributed by atoms with Crippen molar-refractivity contribution >= 4 is 44.7 Å². The van der Waals surface area contributed by atoms with Crippen molar-refractivity contribution in [1.82, 2.24) is 4.98 Å². The van der Waals surface area contributed by atoms with Crippen LogP contribution in [0.15, 0.2) is 109 Å². The molecule has 4 aromatic rings. The van der Waals surface area contributed by atoms with Gasteiger partial charge in [0.15, 0.2) is 0 Å². The number of anilines is 3. The van der Waals surface area contributed by atoms with Gasteiger partial charge in [-0.15, -0.1) is 0 Å². The molecule has 0 atom stereocenters. The number of fused-ring (bicyclic) bond motifs is 2. The molecule has 1 aliphatic rings. The van der Waals surface area contributed by atoms with Gasteiger partial charge < -0.3 is 4.90 Å². The number of benzene rings is 2. The molecule has 0 amide bonds. The number of aryl methyl sites for hydroxylation is 2. The fourth-order valence-corrected chi connectivity index (χ4v) is 5.46. The van der Waals surface area contributed by atoms with E-state index in [2.05, 4.69) is 131 Å². The zero-order chi connectivity index (χ0) is 24.2. The Labute approximate surface area is 211 Å². The van der Waals surface area contributed by atoms with Crippen molar-refractivity contribution in [1.29, 1.82) is 0 Å². The van der Waals surface area contributed by atoms with Gasteiger partial charge in [0.05, 0.1) is 23.3 Å². The fraction of sp³-hybridized carbons (Fsp3) is 0.133. The van der Waals surface area contributed by atoms with Crippen LogP contribution < -0.4 is 14.4 Å². The highest BCUT2D eigenvalue weighted by molar-refractivity contribution is 7.18. The molecule has 2 aromatic heterocycles. The molecule has 3 heterocycles. The van der Waals surface area contributed by atoms with Gasteiger partial charge >= 0.3 is 0 Å². The summed E-state index contributed by atoms with van der Waals surface area (Å²) in [5.41, 5.74) is 6.04. The molecule has 174 valence electrons. The predicted molar refractivity (Wildman–Crippen MR) is 149 cm³/mol. The van der Waals surface area contributed by atoms with Crippen molar-refractivity contribution in [2.75, 3.05) is 16.8 Å². The van der Waals surface area contributed by atoms with E-state index in [0.717, 1.165) is 23.6 Å². The number of para-hydroxylation sites is 2. The number of aromatic nitrogens is 2. The van der Waals surface area contributed by atoms with Crippen LogP contribution in [0.2, 0.25) is 0 Å². The third-order valence-electron chi connectivity index (χ3n) is 6.23. The lowest BCUT2D eigenvalue weighted by atomic mass is 10.2. The number of hydrogen-bond acceptors (Lipinski definition) is 4. The molecule has 0 fully saturated rings. The lowest BCUT2D eigenvalue weighted by Gasteiger charge is -2.22. The number of nitrogens with zero attached hydrogens (tertiary/aromatic N) is 4. The molecule has 1 aliphatic heterocycles. The minimum Gasteiger partial charge on any atom is -0.329 e. The summed E-state index contributed by atoms with van der Waals surface area (Å²) < 4.78 is 3.59. The van der Waals surface area contributed by atoms with E-state index in [1.54, 1.807) is 6.20 Å². The van der Waals surface area contributed by atoms with Gasteiger partial charge in [-0.05, 0) is 48.4 Å². The van der Waals surface area contributed by atoms with Gasteiger partial charge in [-0.2, -0.15) is 4.57 Å². The summed E-state index contributed by atoms with van der Waals surface area (Å²) in [5.74, 6) is 1.09. The minimum absolute atomic E-state index is 1.05.